The van der Waals surface area contributed by atoms with E-state index in [9.17, 15) is 8.42 Å². The zero-order valence-electron chi connectivity index (χ0n) is 6.47. The first-order valence-corrected chi connectivity index (χ1v) is 5.01. The Morgan fingerprint density at radius 1 is 1.31 bits per heavy atom. The van der Waals surface area contributed by atoms with Gasteiger partial charge in [0.1, 0.15) is 0 Å². The van der Waals surface area contributed by atoms with Crippen molar-refractivity contribution in [2.75, 3.05) is 0 Å². The van der Waals surface area contributed by atoms with Crippen molar-refractivity contribution in [3.63, 3.8) is 0 Å². The number of fused-ring (bicyclic) bond motifs is 1. The minimum atomic E-state index is -3.79. The summed E-state index contributed by atoms with van der Waals surface area (Å²) in [5.74, 6) is 0. The molecular weight excluding hydrogens is 192 g/mol. The molecule has 1 aromatic heterocycles. The number of para-hydroxylation sites is 1. The summed E-state index contributed by atoms with van der Waals surface area (Å²) in [4.78, 5) is 0. The van der Waals surface area contributed by atoms with E-state index in [2.05, 4.69) is 5.16 Å². The summed E-state index contributed by atoms with van der Waals surface area (Å²) in [6.45, 7) is 0. The molecule has 6 heteroatoms. The summed E-state index contributed by atoms with van der Waals surface area (Å²) in [5, 5.41) is 8.48. The lowest BCUT2D eigenvalue weighted by Crippen LogP contribution is -2.12. The van der Waals surface area contributed by atoms with Gasteiger partial charge in [0, 0.05) is 0 Å². The van der Waals surface area contributed by atoms with Gasteiger partial charge in [-0.15, -0.1) is 0 Å². The second-order valence-electron chi connectivity index (χ2n) is 2.53. The molecule has 0 atom stereocenters. The van der Waals surface area contributed by atoms with Crippen LogP contribution in [0.15, 0.2) is 33.8 Å². The SMILES string of the molecule is NS(=O)(=O)c1noc2ccccc12. The lowest BCUT2D eigenvalue weighted by Gasteiger charge is -1.89. The molecule has 0 unspecified atom stereocenters. The van der Waals surface area contributed by atoms with Crippen LogP contribution in [0.1, 0.15) is 0 Å². The van der Waals surface area contributed by atoms with Crippen LogP contribution in [0.25, 0.3) is 11.0 Å². The average molecular weight is 198 g/mol. The van der Waals surface area contributed by atoms with Crippen molar-refractivity contribution in [3.8, 4) is 0 Å². The van der Waals surface area contributed by atoms with Crippen LogP contribution in [0.3, 0.4) is 0 Å². The molecule has 0 spiro atoms. The van der Waals surface area contributed by atoms with Crippen molar-refractivity contribution in [2.45, 2.75) is 5.03 Å². The highest BCUT2D eigenvalue weighted by molar-refractivity contribution is 7.89. The van der Waals surface area contributed by atoms with Gasteiger partial charge >= 0.3 is 0 Å². The van der Waals surface area contributed by atoms with E-state index in [1.165, 1.54) is 0 Å². The first kappa shape index (κ1) is 8.21. The van der Waals surface area contributed by atoms with E-state index in [0.29, 0.717) is 11.0 Å². The highest BCUT2D eigenvalue weighted by atomic mass is 32.2. The van der Waals surface area contributed by atoms with Crippen molar-refractivity contribution in [2.24, 2.45) is 5.14 Å². The van der Waals surface area contributed by atoms with Gasteiger partial charge in [-0.1, -0.05) is 17.3 Å². The predicted molar refractivity (Wildman–Crippen MR) is 45.4 cm³/mol. The summed E-state index contributed by atoms with van der Waals surface area (Å²) < 4.78 is 26.7. The topological polar surface area (TPSA) is 86.2 Å². The Kier molecular flexibility index (Phi) is 1.61. The maximum Gasteiger partial charge on any atom is 0.259 e. The van der Waals surface area contributed by atoms with Crippen molar-refractivity contribution in [1.82, 2.24) is 5.16 Å². The molecule has 2 aromatic rings. The Labute approximate surface area is 74.2 Å². The average Bonchev–Trinajstić information content (AvgIpc) is 2.45. The Morgan fingerprint density at radius 2 is 2.00 bits per heavy atom. The first-order chi connectivity index (χ1) is 6.09. The smallest absolute Gasteiger partial charge is 0.259 e. The molecule has 0 amide bonds. The highest BCUT2D eigenvalue weighted by Crippen LogP contribution is 2.20. The van der Waals surface area contributed by atoms with Crippen LogP contribution >= 0.6 is 0 Å². The van der Waals surface area contributed by atoms with Gasteiger partial charge in [-0.25, -0.2) is 13.6 Å². The zero-order chi connectivity index (χ0) is 9.47. The van der Waals surface area contributed by atoms with E-state index in [4.69, 9.17) is 9.66 Å². The number of aromatic nitrogens is 1. The van der Waals surface area contributed by atoms with Crippen LogP contribution in [-0.2, 0) is 10.0 Å². The van der Waals surface area contributed by atoms with Gasteiger partial charge in [0.05, 0.1) is 5.39 Å². The summed E-state index contributed by atoms with van der Waals surface area (Å²) in [5.41, 5.74) is 0.409. The lowest BCUT2D eigenvalue weighted by molar-refractivity contribution is 0.432. The Bertz CT molecular complexity index is 544. The van der Waals surface area contributed by atoms with Gasteiger partial charge in [0.25, 0.3) is 10.0 Å². The number of sulfonamides is 1. The van der Waals surface area contributed by atoms with Crippen molar-refractivity contribution in [1.29, 1.82) is 0 Å². The van der Waals surface area contributed by atoms with Gasteiger partial charge in [-0.05, 0) is 12.1 Å². The number of hydrogen-bond acceptors (Lipinski definition) is 4. The molecule has 0 fully saturated rings. The van der Waals surface area contributed by atoms with Crippen molar-refractivity contribution < 1.29 is 12.9 Å². The normalized spacial score (nSPS) is 12.1. The van der Waals surface area contributed by atoms with E-state index in [1.54, 1.807) is 24.3 Å². The fraction of sp³-hybridized carbons (Fsp3) is 0. The van der Waals surface area contributed by atoms with Crippen LogP contribution in [-0.4, -0.2) is 13.6 Å². The van der Waals surface area contributed by atoms with E-state index < -0.39 is 10.0 Å². The molecule has 2 N–H and O–H groups in total. The number of nitrogens with two attached hydrogens (primary N) is 1. The van der Waals surface area contributed by atoms with Crippen LogP contribution < -0.4 is 5.14 Å². The number of nitrogens with zero attached hydrogens (tertiary/aromatic N) is 1. The third-order valence-electron chi connectivity index (χ3n) is 1.61. The van der Waals surface area contributed by atoms with Crippen molar-refractivity contribution in [3.05, 3.63) is 24.3 Å². The standard InChI is InChI=1S/C7H6N2O3S/c8-13(10,11)7-5-3-1-2-4-6(5)12-9-7/h1-4H,(H2,8,10,11). The third-order valence-corrected chi connectivity index (χ3v) is 2.45. The van der Waals surface area contributed by atoms with Gasteiger partial charge in [-0.2, -0.15) is 0 Å². The quantitative estimate of drug-likeness (QED) is 0.721. The lowest BCUT2D eigenvalue weighted by atomic mass is 10.3. The molecule has 13 heavy (non-hydrogen) atoms. The molecule has 2 rings (SSSR count). The van der Waals surface area contributed by atoms with Gasteiger partial charge in [-0.3, -0.25) is 0 Å². The number of hydrogen-bond donors (Lipinski definition) is 1. The molecule has 0 bridgehead atoms. The summed E-state index contributed by atoms with van der Waals surface area (Å²) in [7, 11) is -3.79. The molecule has 5 nitrogen and oxygen atoms in total. The molecule has 0 aliphatic rings. The molecule has 0 saturated heterocycles. The van der Waals surface area contributed by atoms with Crippen LogP contribution in [0.4, 0.5) is 0 Å². The second kappa shape index (κ2) is 2.54. The Balaban J connectivity index is 2.87. The Hall–Kier alpha value is -1.40. The molecule has 0 aliphatic heterocycles. The molecule has 0 saturated carbocycles. The predicted octanol–water partition coefficient (Wildman–Crippen LogP) is 0.475. The summed E-state index contributed by atoms with van der Waals surface area (Å²) in [6.07, 6.45) is 0. The third kappa shape index (κ3) is 1.30. The van der Waals surface area contributed by atoms with Crippen LogP contribution in [0.5, 0.6) is 0 Å². The maximum atomic E-state index is 11.0. The second-order valence-corrected chi connectivity index (χ2v) is 4.01. The van der Waals surface area contributed by atoms with Crippen molar-refractivity contribution >= 4 is 21.0 Å². The zero-order valence-corrected chi connectivity index (χ0v) is 7.28. The van der Waals surface area contributed by atoms with E-state index in [1.807, 2.05) is 0 Å². The van der Waals surface area contributed by atoms with E-state index in [0.717, 1.165) is 0 Å². The highest BCUT2D eigenvalue weighted by Gasteiger charge is 2.17. The largest absolute Gasteiger partial charge is 0.355 e. The summed E-state index contributed by atoms with van der Waals surface area (Å²) >= 11 is 0. The molecule has 1 heterocycles. The minimum absolute atomic E-state index is 0.219. The molecule has 1 aromatic carbocycles. The summed E-state index contributed by atoms with van der Waals surface area (Å²) in [6, 6.07) is 6.62. The monoisotopic (exact) mass is 198 g/mol. The van der Waals surface area contributed by atoms with Crippen LogP contribution in [0, 0.1) is 0 Å². The maximum absolute atomic E-state index is 11.0. The fourth-order valence-electron chi connectivity index (χ4n) is 1.07. The first-order valence-electron chi connectivity index (χ1n) is 3.46. The molecule has 68 valence electrons. The van der Waals surface area contributed by atoms with Crippen LogP contribution in [0.2, 0.25) is 0 Å². The minimum Gasteiger partial charge on any atom is -0.355 e. The number of primary sulfonamides is 1. The van der Waals surface area contributed by atoms with Gasteiger partial charge in [0.2, 0.25) is 5.03 Å². The fourth-order valence-corrected chi connectivity index (χ4v) is 1.68. The van der Waals surface area contributed by atoms with E-state index in [-0.39, 0.29) is 5.03 Å². The van der Waals surface area contributed by atoms with Gasteiger partial charge < -0.3 is 4.52 Å². The Morgan fingerprint density at radius 3 is 2.69 bits per heavy atom. The number of benzene rings is 1. The molecular formula is C7H6N2O3S. The molecule has 0 radical (unpaired) electrons. The number of rotatable bonds is 1. The molecule has 0 aliphatic carbocycles. The van der Waals surface area contributed by atoms with Gasteiger partial charge in [0.15, 0.2) is 5.58 Å². The van der Waals surface area contributed by atoms with E-state index >= 15 is 0 Å².